The van der Waals surface area contributed by atoms with Crippen molar-refractivity contribution in [3.8, 4) is 0 Å². The van der Waals surface area contributed by atoms with E-state index >= 15 is 0 Å². The summed E-state index contributed by atoms with van der Waals surface area (Å²) in [6.45, 7) is 0. The van der Waals surface area contributed by atoms with Crippen LogP contribution in [0.1, 0.15) is 0 Å². The minimum Gasteiger partial charge on any atom is -0.349 e. The Bertz CT molecular complexity index is 90.2. The van der Waals surface area contributed by atoms with Gasteiger partial charge in [0.15, 0.2) is 0 Å². The molecule has 3 nitrogen and oxygen atoms in total. The average Bonchev–Trinajstić information content (AvgIpc) is 1.90. The largest absolute Gasteiger partial charge is 0.349 e. The second kappa shape index (κ2) is 4.73. The summed E-state index contributed by atoms with van der Waals surface area (Å²) in [6, 6.07) is 0. The van der Waals surface area contributed by atoms with Crippen LogP contribution in [0.2, 0.25) is 0 Å². The predicted octanol–water partition coefficient (Wildman–Crippen LogP) is 0.413. The predicted molar refractivity (Wildman–Crippen MR) is 33.5 cm³/mol. The molecule has 0 saturated heterocycles. The van der Waals surface area contributed by atoms with Crippen molar-refractivity contribution in [2.24, 2.45) is 0 Å². The standard InChI is InChI=1S/C5H9ClO3/c1-8-5(9-2)4(7)3-6/h5H,3H2,1-2H3. The quantitative estimate of drug-likeness (QED) is 0.433. The Balaban J connectivity index is 3.64. The van der Waals surface area contributed by atoms with Crippen LogP contribution in [0.15, 0.2) is 0 Å². The van der Waals surface area contributed by atoms with Gasteiger partial charge < -0.3 is 9.47 Å². The van der Waals surface area contributed by atoms with Gasteiger partial charge >= 0.3 is 0 Å². The van der Waals surface area contributed by atoms with Gasteiger partial charge in [0.1, 0.15) is 0 Å². The third kappa shape index (κ3) is 2.79. The van der Waals surface area contributed by atoms with Gasteiger partial charge in [0.25, 0.3) is 0 Å². The number of Topliss-reactive ketones (excluding diaryl/α,β-unsaturated/α-hetero) is 1. The molecule has 4 heteroatoms. The fraction of sp³-hybridized carbons (Fsp3) is 0.800. The number of ether oxygens (including phenoxy) is 2. The number of hydrogen-bond acceptors (Lipinski definition) is 3. The fourth-order valence-electron chi connectivity index (χ4n) is 0.422. The van der Waals surface area contributed by atoms with Crippen LogP contribution in [0.5, 0.6) is 0 Å². The first-order valence-corrected chi connectivity index (χ1v) is 2.94. The topological polar surface area (TPSA) is 35.5 Å². The Hall–Kier alpha value is -0.120. The van der Waals surface area contributed by atoms with E-state index in [0.29, 0.717) is 0 Å². The lowest BCUT2D eigenvalue weighted by Crippen LogP contribution is -2.25. The van der Waals surface area contributed by atoms with Crippen LogP contribution in [0, 0.1) is 0 Å². The summed E-state index contributed by atoms with van der Waals surface area (Å²) >= 11 is 5.19. The zero-order valence-electron chi connectivity index (χ0n) is 5.39. The lowest BCUT2D eigenvalue weighted by atomic mass is 10.4. The van der Waals surface area contributed by atoms with Crippen LogP contribution in [-0.2, 0) is 14.3 Å². The summed E-state index contributed by atoms with van der Waals surface area (Å²) in [7, 11) is 2.78. The average molecular weight is 153 g/mol. The molecule has 0 rings (SSSR count). The summed E-state index contributed by atoms with van der Waals surface area (Å²) in [4.78, 5) is 10.6. The lowest BCUT2D eigenvalue weighted by molar-refractivity contribution is -0.153. The van der Waals surface area contributed by atoms with Gasteiger partial charge in [-0.2, -0.15) is 0 Å². The monoisotopic (exact) mass is 152 g/mol. The van der Waals surface area contributed by atoms with Crippen molar-refractivity contribution in [2.75, 3.05) is 20.1 Å². The van der Waals surface area contributed by atoms with E-state index in [0.717, 1.165) is 0 Å². The van der Waals surface area contributed by atoms with Crippen LogP contribution in [0.4, 0.5) is 0 Å². The highest BCUT2D eigenvalue weighted by molar-refractivity contribution is 6.28. The van der Waals surface area contributed by atoms with Gasteiger partial charge in [-0.1, -0.05) is 0 Å². The molecule has 0 amide bonds. The third-order valence-corrected chi connectivity index (χ3v) is 1.09. The molecule has 0 atom stereocenters. The summed E-state index contributed by atoms with van der Waals surface area (Å²) in [5, 5.41) is 0. The second-order valence-corrected chi connectivity index (χ2v) is 1.67. The van der Waals surface area contributed by atoms with Crippen molar-refractivity contribution >= 4 is 17.4 Å². The zero-order valence-corrected chi connectivity index (χ0v) is 6.14. The molecule has 0 N–H and O–H groups in total. The highest BCUT2D eigenvalue weighted by atomic mass is 35.5. The maximum absolute atomic E-state index is 10.6. The maximum Gasteiger partial charge on any atom is 0.218 e. The van der Waals surface area contributed by atoms with E-state index in [9.17, 15) is 4.79 Å². The zero-order chi connectivity index (χ0) is 7.28. The molecule has 0 aliphatic rings. The molecule has 0 aromatic heterocycles. The normalized spacial score (nSPS) is 10.2. The third-order valence-electron chi connectivity index (χ3n) is 0.823. The van der Waals surface area contributed by atoms with Crippen LogP contribution < -0.4 is 0 Å². The van der Waals surface area contributed by atoms with E-state index in [4.69, 9.17) is 11.6 Å². The maximum atomic E-state index is 10.6. The van der Waals surface area contributed by atoms with E-state index in [2.05, 4.69) is 9.47 Å². The molecule has 0 bridgehead atoms. The fourth-order valence-corrected chi connectivity index (χ4v) is 0.548. The Morgan fingerprint density at radius 3 is 2.11 bits per heavy atom. The Kier molecular flexibility index (Phi) is 4.67. The van der Waals surface area contributed by atoms with Crippen LogP contribution in [0.25, 0.3) is 0 Å². The first kappa shape index (κ1) is 8.88. The smallest absolute Gasteiger partial charge is 0.218 e. The van der Waals surface area contributed by atoms with Gasteiger partial charge in [-0.25, -0.2) is 0 Å². The summed E-state index contributed by atoms with van der Waals surface area (Å²) in [6.07, 6.45) is -0.803. The van der Waals surface area contributed by atoms with Crippen LogP contribution >= 0.6 is 11.6 Å². The Labute approximate surface area is 58.9 Å². The van der Waals surface area contributed by atoms with Gasteiger partial charge in [0, 0.05) is 14.2 Å². The number of carbonyl (C=O) groups excluding carboxylic acids is 1. The molecular weight excluding hydrogens is 144 g/mol. The number of ketones is 1. The van der Waals surface area contributed by atoms with Crippen molar-refractivity contribution in [1.29, 1.82) is 0 Å². The molecule has 0 aliphatic carbocycles. The van der Waals surface area contributed by atoms with Crippen molar-refractivity contribution in [3.05, 3.63) is 0 Å². The molecule has 0 spiro atoms. The molecule has 0 radical (unpaired) electrons. The molecule has 0 aliphatic heterocycles. The molecule has 0 aromatic carbocycles. The highest BCUT2D eigenvalue weighted by Gasteiger charge is 2.13. The summed E-state index contributed by atoms with van der Waals surface area (Å²) < 4.78 is 9.19. The lowest BCUT2D eigenvalue weighted by Gasteiger charge is -2.08. The highest BCUT2D eigenvalue weighted by Crippen LogP contribution is 1.93. The van der Waals surface area contributed by atoms with E-state index in [-0.39, 0.29) is 11.7 Å². The molecule has 9 heavy (non-hydrogen) atoms. The molecule has 0 unspecified atom stereocenters. The molecule has 0 aromatic rings. The van der Waals surface area contributed by atoms with Crippen molar-refractivity contribution < 1.29 is 14.3 Å². The number of carbonyl (C=O) groups is 1. The summed E-state index contributed by atoms with van der Waals surface area (Å²) in [5.41, 5.74) is 0. The number of halogens is 1. The summed E-state index contributed by atoms with van der Waals surface area (Å²) in [5.74, 6) is -0.339. The van der Waals surface area contributed by atoms with Gasteiger partial charge in [-0.15, -0.1) is 11.6 Å². The number of rotatable bonds is 4. The number of hydrogen-bond donors (Lipinski definition) is 0. The molecule has 0 fully saturated rings. The van der Waals surface area contributed by atoms with Crippen molar-refractivity contribution in [3.63, 3.8) is 0 Å². The SMILES string of the molecule is COC(OC)C(=O)CCl. The van der Waals surface area contributed by atoms with Gasteiger partial charge in [0.05, 0.1) is 5.88 Å². The van der Waals surface area contributed by atoms with Gasteiger partial charge in [-0.05, 0) is 0 Å². The molecular formula is C5H9ClO3. The molecule has 0 heterocycles. The van der Waals surface area contributed by atoms with E-state index in [1.807, 2.05) is 0 Å². The van der Waals surface area contributed by atoms with Gasteiger partial charge in [0.2, 0.25) is 12.1 Å². The molecule has 54 valence electrons. The number of alkyl halides is 1. The van der Waals surface area contributed by atoms with Crippen LogP contribution in [0.3, 0.4) is 0 Å². The Morgan fingerprint density at radius 1 is 1.56 bits per heavy atom. The minimum absolute atomic E-state index is 0.0770. The van der Waals surface area contributed by atoms with Gasteiger partial charge in [-0.3, -0.25) is 4.79 Å². The van der Waals surface area contributed by atoms with Crippen molar-refractivity contribution in [2.45, 2.75) is 6.29 Å². The van der Waals surface area contributed by atoms with E-state index in [1.54, 1.807) is 0 Å². The first-order valence-electron chi connectivity index (χ1n) is 2.40. The minimum atomic E-state index is -0.803. The molecule has 0 saturated carbocycles. The van der Waals surface area contributed by atoms with E-state index < -0.39 is 6.29 Å². The van der Waals surface area contributed by atoms with Crippen molar-refractivity contribution in [1.82, 2.24) is 0 Å². The Morgan fingerprint density at radius 2 is 2.00 bits per heavy atom. The van der Waals surface area contributed by atoms with E-state index in [1.165, 1.54) is 14.2 Å². The first-order chi connectivity index (χ1) is 4.26. The number of methoxy groups -OCH3 is 2. The van der Waals surface area contributed by atoms with Crippen LogP contribution in [-0.4, -0.2) is 32.2 Å². The second-order valence-electron chi connectivity index (χ2n) is 1.40.